The molecule has 1 aromatic heterocycles. The van der Waals surface area contributed by atoms with E-state index in [1.165, 1.54) is 11.5 Å². The first-order valence-corrected chi connectivity index (χ1v) is 10.8. The molecule has 28 heavy (non-hydrogen) atoms. The Morgan fingerprint density at radius 1 is 1.36 bits per heavy atom. The van der Waals surface area contributed by atoms with Gasteiger partial charge in [0, 0.05) is 56.6 Å². The molecule has 0 saturated carbocycles. The standard InChI is InChI=1S/C18H28N6O3S/c1-22-14(2-3-16(25)23-6-8-27-9-7-23)10-19-18(26)17-15(22)4-5-24(17)11-13-12-28-21-20-13/h12,14-15,17H,2-11H2,1H3,(H,19,26). The Bertz CT molecular complexity index is 681. The Kier molecular flexibility index (Phi) is 6.19. The lowest BCUT2D eigenvalue weighted by molar-refractivity contribution is -0.135. The van der Waals surface area contributed by atoms with Crippen LogP contribution in [0.25, 0.3) is 0 Å². The van der Waals surface area contributed by atoms with Crippen molar-refractivity contribution in [1.29, 1.82) is 0 Å². The lowest BCUT2D eigenvalue weighted by Gasteiger charge is -2.33. The van der Waals surface area contributed by atoms with Gasteiger partial charge >= 0.3 is 0 Å². The van der Waals surface area contributed by atoms with Crippen LogP contribution in [0.15, 0.2) is 5.38 Å². The normalized spacial score (nSPS) is 29.4. The van der Waals surface area contributed by atoms with Gasteiger partial charge in [0.2, 0.25) is 11.8 Å². The molecule has 3 unspecified atom stereocenters. The summed E-state index contributed by atoms with van der Waals surface area (Å²) in [6.45, 7) is 4.72. The van der Waals surface area contributed by atoms with Crippen LogP contribution < -0.4 is 5.32 Å². The van der Waals surface area contributed by atoms with E-state index in [1.807, 2.05) is 10.3 Å². The molecule has 3 atom stereocenters. The van der Waals surface area contributed by atoms with E-state index in [1.54, 1.807) is 0 Å². The number of fused-ring (bicyclic) bond motifs is 1. The van der Waals surface area contributed by atoms with Gasteiger partial charge in [-0.15, -0.1) is 5.10 Å². The van der Waals surface area contributed by atoms with Crippen LogP contribution in [0.2, 0.25) is 0 Å². The molecule has 10 heteroatoms. The van der Waals surface area contributed by atoms with Crippen LogP contribution in [0.5, 0.6) is 0 Å². The van der Waals surface area contributed by atoms with Crippen LogP contribution in [0.1, 0.15) is 25.0 Å². The number of amides is 2. The zero-order valence-corrected chi connectivity index (χ0v) is 17.1. The molecule has 3 aliphatic heterocycles. The molecule has 154 valence electrons. The third-order valence-corrected chi connectivity index (χ3v) is 6.73. The monoisotopic (exact) mass is 408 g/mol. The summed E-state index contributed by atoms with van der Waals surface area (Å²) < 4.78 is 9.24. The summed E-state index contributed by atoms with van der Waals surface area (Å²) in [5.74, 6) is 0.271. The average Bonchev–Trinajstić information content (AvgIpc) is 3.35. The molecule has 1 N–H and O–H groups in total. The van der Waals surface area contributed by atoms with E-state index in [0.29, 0.717) is 45.8 Å². The van der Waals surface area contributed by atoms with Gasteiger partial charge in [-0.3, -0.25) is 19.4 Å². The maximum Gasteiger partial charge on any atom is 0.239 e. The summed E-state index contributed by atoms with van der Waals surface area (Å²) in [6.07, 6.45) is 2.21. The van der Waals surface area contributed by atoms with Crippen molar-refractivity contribution >= 4 is 23.3 Å². The van der Waals surface area contributed by atoms with Crippen molar-refractivity contribution < 1.29 is 14.3 Å². The number of ether oxygens (including phenoxy) is 1. The molecule has 3 aliphatic rings. The number of aromatic nitrogens is 2. The van der Waals surface area contributed by atoms with Crippen LogP contribution in [0.4, 0.5) is 0 Å². The zero-order valence-electron chi connectivity index (χ0n) is 16.2. The largest absolute Gasteiger partial charge is 0.378 e. The highest BCUT2D eigenvalue weighted by Gasteiger charge is 2.45. The lowest BCUT2D eigenvalue weighted by Crippen LogP contribution is -2.49. The Morgan fingerprint density at radius 3 is 2.93 bits per heavy atom. The van der Waals surface area contributed by atoms with E-state index in [0.717, 1.165) is 25.1 Å². The van der Waals surface area contributed by atoms with Crippen molar-refractivity contribution in [2.24, 2.45) is 0 Å². The molecular formula is C18H28N6O3S. The van der Waals surface area contributed by atoms with E-state index in [4.69, 9.17) is 4.74 Å². The molecule has 4 rings (SSSR count). The van der Waals surface area contributed by atoms with Gasteiger partial charge in [0.05, 0.1) is 18.9 Å². The Morgan fingerprint density at radius 2 is 2.18 bits per heavy atom. The molecule has 3 fully saturated rings. The van der Waals surface area contributed by atoms with Crippen molar-refractivity contribution in [3.8, 4) is 0 Å². The highest BCUT2D eigenvalue weighted by molar-refractivity contribution is 7.03. The maximum absolute atomic E-state index is 12.8. The van der Waals surface area contributed by atoms with E-state index in [2.05, 4.69) is 31.8 Å². The molecule has 0 spiro atoms. The second-order valence-corrected chi connectivity index (χ2v) is 8.37. The molecule has 0 aliphatic carbocycles. The summed E-state index contributed by atoms with van der Waals surface area (Å²) in [5.41, 5.74) is 0.915. The SMILES string of the molecule is CN1C(CCC(=O)N2CCOCC2)CNC(=O)C2C1CCN2Cc1csnn1. The summed E-state index contributed by atoms with van der Waals surface area (Å²) in [7, 11) is 2.09. The number of hydrogen-bond acceptors (Lipinski definition) is 8. The molecule has 4 heterocycles. The number of nitrogens with one attached hydrogen (secondary N) is 1. The molecule has 3 saturated heterocycles. The van der Waals surface area contributed by atoms with Crippen molar-refractivity contribution in [2.45, 2.75) is 43.9 Å². The van der Waals surface area contributed by atoms with Gasteiger partial charge in [0.15, 0.2) is 0 Å². The Labute approximate surface area is 169 Å². The second kappa shape index (κ2) is 8.81. The third kappa shape index (κ3) is 4.19. The second-order valence-electron chi connectivity index (χ2n) is 7.76. The van der Waals surface area contributed by atoms with Crippen molar-refractivity contribution in [3.63, 3.8) is 0 Å². The number of nitrogens with zero attached hydrogens (tertiary/aromatic N) is 5. The molecule has 0 bridgehead atoms. The molecular weight excluding hydrogens is 380 g/mol. The number of morpholine rings is 1. The molecule has 0 aromatic carbocycles. The molecule has 9 nitrogen and oxygen atoms in total. The number of likely N-dealkylation sites (tertiary alicyclic amines) is 1. The number of likely N-dealkylation sites (N-methyl/N-ethyl adjacent to an activating group) is 1. The average molecular weight is 409 g/mol. The predicted octanol–water partition coefficient (Wildman–Crippen LogP) is -0.450. The molecule has 0 radical (unpaired) electrons. The van der Waals surface area contributed by atoms with E-state index in [9.17, 15) is 9.59 Å². The maximum atomic E-state index is 12.8. The Hall–Kier alpha value is -1.62. The van der Waals surface area contributed by atoms with Crippen LogP contribution in [0.3, 0.4) is 0 Å². The minimum absolute atomic E-state index is 0.0829. The molecule has 1 aromatic rings. The van der Waals surface area contributed by atoms with Crippen LogP contribution >= 0.6 is 11.5 Å². The first kappa shape index (κ1) is 19.7. The minimum Gasteiger partial charge on any atom is -0.378 e. The fourth-order valence-electron chi connectivity index (χ4n) is 4.55. The van der Waals surface area contributed by atoms with Crippen LogP contribution in [0, 0.1) is 0 Å². The number of rotatable bonds is 5. The number of carbonyl (C=O) groups is 2. The van der Waals surface area contributed by atoms with Gasteiger partial charge in [-0.2, -0.15) is 0 Å². The quantitative estimate of drug-likeness (QED) is 0.706. The van der Waals surface area contributed by atoms with Gasteiger partial charge in [0.1, 0.15) is 6.04 Å². The fraction of sp³-hybridized carbons (Fsp3) is 0.778. The summed E-state index contributed by atoms with van der Waals surface area (Å²) >= 11 is 1.34. The topological polar surface area (TPSA) is 90.9 Å². The first-order chi connectivity index (χ1) is 13.6. The van der Waals surface area contributed by atoms with Crippen molar-refractivity contribution in [1.82, 2.24) is 29.6 Å². The van der Waals surface area contributed by atoms with Crippen LogP contribution in [-0.2, 0) is 20.9 Å². The van der Waals surface area contributed by atoms with Gasteiger partial charge in [-0.05, 0) is 31.4 Å². The Balaban J connectivity index is 1.37. The smallest absolute Gasteiger partial charge is 0.239 e. The lowest BCUT2D eigenvalue weighted by atomic mass is 10.0. The first-order valence-electron chi connectivity index (χ1n) is 9.98. The zero-order chi connectivity index (χ0) is 19.5. The highest BCUT2D eigenvalue weighted by atomic mass is 32.1. The van der Waals surface area contributed by atoms with Crippen LogP contribution in [-0.4, -0.2) is 101 Å². The van der Waals surface area contributed by atoms with E-state index in [-0.39, 0.29) is 29.9 Å². The number of hydrogen-bond donors (Lipinski definition) is 1. The van der Waals surface area contributed by atoms with Crippen molar-refractivity contribution in [3.05, 3.63) is 11.1 Å². The summed E-state index contributed by atoms with van der Waals surface area (Å²) in [5, 5.41) is 9.17. The van der Waals surface area contributed by atoms with E-state index < -0.39 is 0 Å². The van der Waals surface area contributed by atoms with Gasteiger partial charge in [0.25, 0.3) is 0 Å². The van der Waals surface area contributed by atoms with Gasteiger partial charge in [-0.1, -0.05) is 4.49 Å². The fourth-order valence-corrected chi connectivity index (χ4v) is 4.99. The third-order valence-electron chi connectivity index (χ3n) is 6.18. The number of carbonyl (C=O) groups excluding carboxylic acids is 2. The van der Waals surface area contributed by atoms with Gasteiger partial charge < -0.3 is 15.0 Å². The highest BCUT2D eigenvalue weighted by Crippen LogP contribution is 2.28. The summed E-state index contributed by atoms with van der Waals surface area (Å²) in [6, 6.07) is 0.161. The van der Waals surface area contributed by atoms with Crippen molar-refractivity contribution in [2.75, 3.05) is 46.4 Å². The minimum atomic E-state index is -0.174. The van der Waals surface area contributed by atoms with E-state index >= 15 is 0 Å². The predicted molar refractivity (Wildman–Crippen MR) is 104 cm³/mol. The molecule has 2 amide bonds. The van der Waals surface area contributed by atoms with Gasteiger partial charge in [-0.25, -0.2) is 0 Å². The summed E-state index contributed by atoms with van der Waals surface area (Å²) in [4.78, 5) is 31.7.